The van der Waals surface area contributed by atoms with Crippen molar-refractivity contribution in [3.05, 3.63) is 47.8 Å². The smallest absolute Gasteiger partial charge is 0.412 e. The Kier molecular flexibility index (Phi) is 3.75. The van der Waals surface area contributed by atoms with E-state index >= 15 is 0 Å². The van der Waals surface area contributed by atoms with Gasteiger partial charge in [-0.25, -0.2) is 9.18 Å². The molecule has 6 heteroatoms. The summed E-state index contributed by atoms with van der Waals surface area (Å²) >= 11 is 0. The molecular formula is C18H17FN2O3. The van der Waals surface area contributed by atoms with Gasteiger partial charge in [0.05, 0.1) is 11.4 Å². The highest BCUT2D eigenvalue weighted by atomic mass is 19.1. The van der Waals surface area contributed by atoms with Gasteiger partial charge in [-0.15, -0.1) is 0 Å². The molecule has 5 nitrogen and oxygen atoms in total. The summed E-state index contributed by atoms with van der Waals surface area (Å²) in [5.41, 5.74) is 2.30. The van der Waals surface area contributed by atoms with E-state index in [1.807, 2.05) is 6.07 Å². The molecular weight excluding hydrogens is 311 g/mol. The van der Waals surface area contributed by atoms with Gasteiger partial charge in [0.2, 0.25) is 5.91 Å². The van der Waals surface area contributed by atoms with Crippen molar-refractivity contribution in [2.45, 2.75) is 26.4 Å². The molecule has 124 valence electrons. The van der Waals surface area contributed by atoms with E-state index in [9.17, 15) is 14.0 Å². The van der Waals surface area contributed by atoms with E-state index in [-0.39, 0.29) is 11.6 Å². The van der Waals surface area contributed by atoms with Crippen LogP contribution < -0.4 is 10.6 Å². The van der Waals surface area contributed by atoms with Crippen LogP contribution in [0.3, 0.4) is 0 Å². The van der Waals surface area contributed by atoms with Crippen LogP contribution in [0, 0.1) is 5.82 Å². The second-order valence-electron chi connectivity index (χ2n) is 6.16. The number of ether oxygens (including phenoxy) is 1. The van der Waals surface area contributed by atoms with Crippen molar-refractivity contribution in [1.29, 1.82) is 0 Å². The maximum atomic E-state index is 14.1. The van der Waals surface area contributed by atoms with Crippen molar-refractivity contribution in [1.82, 2.24) is 0 Å². The Balaban J connectivity index is 2.01. The normalized spacial score (nSPS) is 15.1. The number of benzene rings is 2. The number of hydrogen-bond donors (Lipinski definition) is 2. The maximum Gasteiger partial charge on any atom is 0.412 e. The second-order valence-corrected chi connectivity index (χ2v) is 6.16. The number of rotatable bonds is 2. The molecule has 2 N–H and O–H groups in total. The van der Waals surface area contributed by atoms with Gasteiger partial charge in [-0.2, -0.15) is 0 Å². The number of carbonyl (C=O) groups excluding carboxylic acids is 2. The SMILES string of the molecule is CC(=O)Nc1ccc(-c2ccc3c(c2)C(C)(C)OC(=O)N3)cc1F. The maximum absolute atomic E-state index is 14.1. The van der Waals surface area contributed by atoms with Gasteiger partial charge >= 0.3 is 6.09 Å². The Labute approximate surface area is 138 Å². The average Bonchev–Trinajstić information content (AvgIpc) is 2.48. The third-order valence-electron chi connectivity index (χ3n) is 3.87. The number of carbonyl (C=O) groups is 2. The molecule has 1 heterocycles. The zero-order valence-electron chi connectivity index (χ0n) is 13.6. The van der Waals surface area contributed by atoms with Gasteiger partial charge in [-0.05, 0) is 49.2 Å². The van der Waals surface area contributed by atoms with Crippen LogP contribution in [0.25, 0.3) is 11.1 Å². The van der Waals surface area contributed by atoms with Crippen molar-refractivity contribution in [3.63, 3.8) is 0 Å². The summed E-state index contributed by atoms with van der Waals surface area (Å²) in [7, 11) is 0. The van der Waals surface area contributed by atoms with E-state index < -0.39 is 17.5 Å². The average molecular weight is 328 g/mol. The molecule has 0 fully saturated rings. The van der Waals surface area contributed by atoms with Gasteiger partial charge in [-0.3, -0.25) is 10.1 Å². The van der Waals surface area contributed by atoms with Crippen molar-refractivity contribution >= 4 is 23.4 Å². The first kappa shape index (κ1) is 16.0. The molecule has 0 saturated carbocycles. The van der Waals surface area contributed by atoms with Crippen LogP contribution in [0.4, 0.5) is 20.6 Å². The van der Waals surface area contributed by atoms with E-state index in [1.165, 1.54) is 19.1 Å². The fraction of sp³-hybridized carbons (Fsp3) is 0.222. The Hall–Kier alpha value is -2.89. The number of cyclic esters (lactones) is 1. The first-order chi connectivity index (χ1) is 11.3. The van der Waals surface area contributed by atoms with Crippen LogP contribution in [0.15, 0.2) is 36.4 Å². The lowest BCUT2D eigenvalue weighted by molar-refractivity contribution is -0.114. The summed E-state index contributed by atoms with van der Waals surface area (Å²) in [6.07, 6.45) is -0.494. The Morgan fingerprint density at radius 2 is 1.83 bits per heavy atom. The minimum atomic E-state index is -0.775. The van der Waals surface area contributed by atoms with Gasteiger partial charge < -0.3 is 10.1 Å². The third-order valence-corrected chi connectivity index (χ3v) is 3.87. The molecule has 1 aliphatic rings. The molecule has 0 saturated heterocycles. The van der Waals surface area contributed by atoms with Crippen LogP contribution in [0.2, 0.25) is 0 Å². The molecule has 24 heavy (non-hydrogen) atoms. The predicted molar refractivity (Wildman–Crippen MR) is 89.3 cm³/mol. The standard InChI is InChI=1S/C18H17FN2O3/c1-10(22)20-16-7-5-12(9-14(16)19)11-4-6-15-13(8-11)18(2,3)24-17(23)21-15/h4-9H,1-3H3,(H,20,22)(H,21,23). The van der Waals surface area contributed by atoms with E-state index in [4.69, 9.17) is 4.74 Å². The summed E-state index contributed by atoms with van der Waals surface area (Å²) in [5, 5.41) is 5.09. The predicted octanol–water partition coefficient (Wildman–Crippen LogP) is 4.25. The van der Waals surface area contributed by atoms with Crippen molar-refractivity contribution in [2.24, 2.45) is 0 Å². The highest BCUT2D eigenvalue weighted by molar-refractivity contribution is 5.90. The van der Waals surface area contributed by atoms with Crippen LogP contribution in [0.5, 0.6) is 0 Å². The van der Waals surface area contributed by atoms with Gasteiger partial charge in [0, 0.05) is 12.5 Å². The molecule has 0 unspecified atom stereocenters. The topological polar surface area (TPSA) is 67.4 Å². The summed E-state index contributed by atoms with van der Waals surface area (Å²) < 4.78 is 19.4. The van der Waals surface area contributed by atoms with E-state index in [0.29, 0.717) is 11.3 Å². The molecule has 2 aromatic rings. The van der Waals surface area contributed by atoms with Gasteiger partial charge in [-0.1, -0.05) is 12.1 Å². The largest absolute Gasteiger partial charge is 0.438 e. The number of amides is 2. The minimum absolute atomic E-state index is 0.139. The molecule has 0 radical (unpaired) electrons. The van der Waals surface area contributed by atoms with Gasteiger partial charge in [0.15, 0.2) is 0 Å². The molecule has 0 bridgehead atoms. The van der Waals surface area contributed by atoms with Crippen LogP contribution in [0.1, 0.15) is 26.3 Å². The zero-order valence-corrected chi connectivity index (χ0v) is 13.6. The van der Waals surface area contributed by atoms with E-state index in [0.717, 1.165) is 11.1 Å². The van der Waals surface area contributed by atoms with Crippen LogP contribution in [-0.4, -0.2) is 12.0 Å². The third kappa shape index (κ3) is 2.95. The first-order valence-corrected chi connectivity index (χ1v) is 7.48. The van der Waals surface area contributed by atoms with Crippen molar-refractivity contribution < 1.29 is 18.7 Å². The molecule has 0 spiro atoms. The highest BCUT2D eigenvalue weighted by Crippen LogP contribution is 2.38. The number of anilines is 2. The minimum Gasteiger partial charge on any atom is -0.438 e. The molecule has 3 rings (SSSR count). The van der Waals surface area contributed by atoms with Gasteiger partial charge in [0.1, 0.15) is 11.4 Å². The number of halogens is 1. The lowest BCUT2D eigenvalue weighted by Gasteiger charge is -2.32. The van der Waals surface area contributed by atoms with Crippen LogP contribution >= 0.6 is 0 Å². The molecule has 2 amide bonds. The molecule has 1 aliphatic heterocycles. The summed E-state index contributed by atoms with van der Waals surface area (Å²) in [4.78, 5) is 22.6. The van der Waals surface area contributed by atoms with Crippen molar-refractivity contribution in [3.8, 4) is 11.1 Å². The summed E-state index contributed by atoms with van der Waals surface area (Å²) in [6, 6.07) is 10.0. The number of nitrogens with one attached hydrogen (secondary N) is 2. The molecule has 2 aromatic carbocycles. The van der Waals surface area contributed by atoms with Crippen LogP contribution in [-0.2, 0) is 15.1 Å². The van der Waals surface area contributed by atoms with E-state index in [1.54, 1.807) is 32.0 Å². The van der Waals surface area contributed by atoms with E-state index in [2.05, 4.69) is 10.6 Å². The summed E-state index contributed by atoms with van der Waals surface area (Å²) in [6.45, 7) is 4.93. The first-order valence-electron chi connectivity index (χ1n) is 7.48. The fourth-order valence-electron chi connectivity index (χ4n) is 2.74. The molecule has 0 atom stereocenters. The monoisotopic (exact) mass is 328 g/mol. The lowest BCUT2D eigenvalue weighted by Crippen LogP contribution is -2.34. The number of hydrogen-bond acceptors (Lipinski definition) is 3. The zero-order chi connectivity index (χ0) is 17.5. The Morgan fingerprint density at radius 3 is 2.50 bits per heavy atom. The van der Waals surface area contributed by atoms with Gasteiger partial charge in [0.25, 0.3) is 0 Å². The molecule has 0 aliphatic carbocycles. The second kappa shape index (κ2) is 5.63. The highest BCUT2D eigenvalue weighted by Gasteiger charge is 2.33. The fourth-order valence-corrected chi connectivity index (χ4v) is 2.74. The number of fused-ring (bicyclic) bond motifs is 1. The Morgan fingerprint density at radius 1 is 1.17 bits per heavy atom. The summed E-state index contributed by atoms with van der Waals surface area (Å²) in [5.74, 6) is -0.839. The quantitative estimate of drug-likeness (QED) is 0.866. The molecule has 0 aromatic heterocycles. The van der Waals surface area contributed by atoms with Crippen molar-refractivity contribution in [2.75, 3.05) is 10.6 Å². The Bertz CT molecular complexity index is 846. The lowest BCUT2D eigenvalue weighted by atomic mass is 9.91.